The van der Waals surface area contributed by atoms with Crippen LogP contribution in [0.2, 0.25) is 0 Å². The summed E-state index contributed by atoms with van der Waals surface area (Å²) >= 11 is 0. The van der Waals surface area contributed by atoms with Crippen LogP contribution in [0.1, 0.15) is 13.3 Å². The molecule has 1 aliphatic heterocycles. The molecule has 0 bridgehead atoms. The number of hydrogen-bond acceptors (Lipinski definition) is 3. The van der Waals surface area contributed by atoms with Gasteiger partial charge in [0.2, 0.25) is 0 Å². The van der Waals surface area contributed by atoms with Crippen molar-refractivity contribution in [3.05, 3.63) is 12.7 Å². The van der Waals surface area contributed by atoms with Crippen LogP contribution >= 0.6 is 0 Å². The lowest BCUT2D eigenvalue weighted by Gasteiger charge is -2.22. The molecular weight excluding hydrogens is 180 g/mol. The number of carboxylic acid groups (broad SMARTS) is 1. The Bertz CT molecular complexity index is 295. The summed E-state index contributed by atoms with van der Waals surface area (Å²) in [5.41, 5.74) is -0.406. The van der Waals surface area contributed by atoms with Crippen molar-refractivity contribution in [1.29, 1.82) is 5.26 Å². The molecule has 2 unspecified atom stereocenters. The third kappa shape index (κ3) is 1.94. The lowest BCUT2D eigenvalue weighted by Crippen LogP contribution is -2.39. The zero-order chi connectivity index (χ0) is 10.8. The van der Waals surface area contributed by atoms with E-state index in [0.29, 0.717) is 13.1 Å². The molecule has 1 rings (SSSR count). The highest BCUT2D eigenvalue weighted by molar-refractivity contribution is 5.75. The van der Waals surface area contributed by atoms with Gasteiger partial charge in [0.05, 0.1) is 11.5 Å². The van der Waals surface area contributed by atoms with E-state index in [4.69, 9.17) is 10.4 Å². The van der Waals surface area contributed by atoms with Crippen LogP contribution in [-0.2, 0) is 4.79 Å². The standard InChI is InChI=1S/C10H14N2O2/c1-3-8(9(13)14)12-5-4-10(2,6-11)7-12/h3,8H,1,4-5,7H2,2H3,(H,13,14). The second-order valence-electron chi connectivity index (χ2n) is 3.91. The molecule has 1 saturated heterocycles. The third-order valence-electron chi connectivity index (χ3n) is 2.64. The van der Waals surface area contributed by atoms with Crippen LogP contribution < -0.4 is 0 Å². The third-order valence-corrected chi connectivity index (χ3v) is 2.64. The Labute approximate surface area is 83.4 Å². The van der Waals surface area contributed by atoms with Gasteiger partial charge in [0.25, 0.3) is 0 Å². The van der Waals surface area contributed by atoms with Crippen LogP contribution in [0.5, 0.6) is 0 Å². The van der Waals surface area contributed by atoms with Crippen molar-refractivity contribution in [2.24, 2.45) is 5.41 Å². The van der Waals surface area contributed by atoms with Gasteiger partial charge in [-0.3, -0.25) is 9.69 Å². The molecule has 1 heterocycles. The first kappa shape index (κ1) is 10.7. The molecular formula is C10H14N2O2. The summed E-state index contributed by atoms with van der Waals surface area (Å²) in [7, 11) is 0. The molecule has 1 fully saturated rings. The Kier molecular flexibility index (Phi) is 2.92. The van der Waals surface area contributed by atoms with Crippen molar-refractivity contribution in [2.75, 3.05) is 13.1 Å². The number of aliphatic carboxylic acids is 1. The summed E-state index contributed by atoms with van der Waals surface area (Å²) in [5.74, 6) is -0.901. The van der Waals surface area contributed by atoms with Gasteiger partial charge in [-0.1, -0.05) is 6.08 Å². The first-order chi connectivity index (χ1) is 6.52. The van der Waals surface area contributed by atoms with E-state index in [9.17, 15) is 4.79 Å². The largest absolute Gasteiger partial charge is 0.480 e. The van der Waals surface area contributed by atoms with Gasteiger partial charge < -0.3 is 5.11 Å². The molecule has 0 spiro atoms. The van der Waals surface area contributed by atoms with E-state index in [2.05, 4.69) is 12.6 Å². The van der Waals surface area contributed by atoms with E-state index in [1.54, 1.807) is 4.90 Å². The van der Waals surface area contributed by atoms with Gasteiger partial charge in [0.15, 0.2) is 0 Å². The predicted octanol–water partition coefficient (Wildman–Crippen LogP) is 0.861. The summed E-state index contributed by atoms with van der Waals surface area (Å²) in [6.07, 6.45) is 2.13. The quantitative estimate of drug-likeness (QED) is 0.677. The Morgan fingerprint density at radius 1 is 1.86 bits per heavy atom. The molecule has 0 aliphatic carbocycles. The monoisotopic (exact) mass is 194 g/mol. The summed E-state index contributed by atoms with van der Waals surface area (Å²) < 4.78 is 0. The fraction of sp³-hybridized carbons (Fsp3) is 0.600. The van der Waals surface area contributed by atoms with Gasteiger partial charge in [0.1, 0.15) is 6.04 Å². The molecule has 4 heteroatoms. The van der Waals surface area contributed by atoms with Crippen molar-refractivity contribution in [3.63, 3.8) is 0 Å². The minimum atomic E-state index is -0.901. The number of carboxylic acids is 1. The van der Waals surface area contributed by atoms with Crippen LogP contribution in [0.15, 0.2) is 12.7 Å². The Balaban J connectivity index is 2.71. The first-order valence-electron chi connectivity index (χ1n) is 4.53. The topological polar surface area (TPSA) is 64.3 Å². The molecule has 4 nitrogen and oxygen atoms in total. The van der Waals surface area contributed by atoms with Gasteiger partial charge in [-0.25, -0.2) is 0 Å². The highest BCUT2D eigenvalue weighted by Gasteiger charge is 2.38. The van der Waals surface area contributed by atoms with E-state index in [-0.39, 0.29) is 0 Å². The van der Waals surface area contributed by atoms with Gasteiger partial charge in [0, 0.05) is 13.1 Å². The highest BCUT2D eigenvalue weighted by Crippen LogP contribution is 2.30. The smallest absolute Gasteiger partial charge is 0.324 e. The maximum Gasteiger partial charge on any atom is 0.324 e. The second-order valence-corrected chi connectivity index (χ2v) is 3.91. The summed E-state index contributed by atoms with van der Waals surface area (Å²) in [6, 6.07) is 1.56. The number of likely N-dealkylation sites (tertiary alicyclic amines) is 1. The van der Waals surface area contributed by atoms with Crippen molar-refractivity contribution in [1.82, 2.24) is 4.90 Å². The average molecular weight is 194 g/mol. The number of rotatable bonds is 3. The molecule has 0 aromatic rings. The van der Waals surface area contributed by atoms with E-state index in [1.807, 2.05) is 6.92 Å². The van der Waals surface area contributed by atoms with Crippen molar-refractivity contribution in [3.8, 4) is 6.07 Å². The lowest BCUT2D eigenvalue weighted by atomic mass is 9.92. The van der Waals surface area contributed by atoms with Crippen molar-refractivity contribution in [2.45, 2.75) is 19.4 Å². The zero-order valence-electron chi connectivity index (χ0n) is 8.23. The van der Waals surface area contributed by atoms with Crippen molar-refractivity contribution < 1.29 is 9.90 Å². The Morgan fingerprint density at radius 3 is 2.86 bits per heavy atom. The van der Waals surface area contributed by atoms with E-state index >= 15 is 0 Å². The van der Waals surface area contributed by atoms with Crippen LogP contribution in [0, 0.1) is 16.7 Å². The number of carbonyl (C=O) groups is 1. The summed E-state index contributed by atoms with van der Waals surface area (Å²) in [6.45, 7) is 6.50. The SMILES string of the molecule is C=CC(C(=O)O)N1CCC(C)(C#N)C1. The van der Waals surface area contributed by atoms with Crippen LogP contribution in [0.25, 0.3) is 0 Å². The first-order valence-corrected chi connectivity index (χ1v) is 4.53. The van der Waals surface area contributed by atoms with Gasteiger partial charge >= 0.3 is 5.97 Å². The summed E-state index contributed by atoms with van der Waals surface area (Å²) in [4.78, 5) is 12.6. The minimum absolute atomic E-state index is 0.406. The van der Waals surface area contributed by atoms with Gasteiger partial charge in [-0.2, -0.15) is 5.26 Å². The molecule has 0 aromatic carbocycles. The molecule has 76 valence electrons. The molecule has 1 aliphatic rings. The van der Waals surface area contributed by atoms with Crippen LogP contribution in [0.3, 0.4) is 0 Å². The predicted molar refractivity (Wildman–Crippen MR) is 51.5 cm³/mol. The molecule has 14 heavy (non-hydrogen) atoms. The zero-order valence-corrected chi connectivity index (χ0v) is 8.23. The summed E-state index contributed by atoms with van der Waals surface area (Å²) in [5, 5.41) is 17.8. The highest BCUT2D eigenvalue weighted by atomic mass is 16.4. The normalized spacial score (nSPS) is 29.4. The molecule has 2 atom stereocenters. The Morgan fingerprint density at radius 2 is 2.50 bits per heavy atom. The fourth-order valence-electron chi connectivity index (χ4n) is 1.73. The maximum absolute atomic E-state index is 10.8. The van der Waals surface area contributed by atoms with Crippen molar-refractivity contribution >= 4 is 5.97 Å². The van der Waals surface area contributed by atoms with Gasteiger partial charge in [-0.05, 0) is 13.3 Å². The number of nitriles is 1. The molecule has 0 radical (unpaired) electrons. The van der Waals surface area contributed by atoms with E-state index in [0.717, 1.165) is 6.42 Å². The second kappa shape index (κ2) is 3.81. The fourth-order valence-corrected chi connectivity index (χ4v) is 1.73. The van der Waals surface area contributed by atoms with E-state index < -0.39 is 17.4 Å². The molecule has 1 N–H and O–H groups in total. The lowest BCUT2D eigenvalue weighted by molar-refractivity contribution is -0.141. The maximum atomic E-state index is 10.8. The molecule has 0 amide bonds. The van der Waals surface area contributed by atoms with Crippen LogP contribution in [-0.4, -0.2) is 35.1 Å². The van der Waals surface area contributed by atoms with Gasteiger partial charge in [-0.15, -0.1) is 6.58 Å². The minimum Gasteiger partial charge on any atom is -0.480 e. The number of hydrogen-bond donors (Lipinski definition) is 1. The Hall–Kier alpha value is -1.34. The molecule has 0 aromatic heterocycles. The molecule has 0 saturated carbocycles. The van der Waals surface area contributed by atoms with E-state index in [1.165, 1.54) is 6.08 Å². The van der Waals surface area contributed by atoms with Crippen LogP contribution in [0.4, 0.5) is 0 Å². The average Bonchev–Trinajstić information content (AvgIpc) is 2.50. The number of nitrogens with zero attached hydrogens (tertiary/aromatic N) is 2.